The number of rotatable bonds is 7. The van der Waals surface area contributed by atoms with Crippen molar-refractivity contribution in [1.29, 1.82) is 0 Å². The lowest BCUT2D eigenvalue weighted by Gasteiger charge is -2.43. The van der Waals surface area contributed by atoms with Crippen molar-refractivity contribution < 1.29 is 32.0 Å². The van der Waals surface area contributed by atoms with Crippen LogP contribution in [0.5, 0.6) is 0 Å². The predicted molar refractivity (Wildman–Crippen MR) is 120 cm³/mol. The SMILES string of the molecule is CC(C)(C)[Si](OC[C@H]1OC(O)[C@H](O)[C@H]1OS(C)(=O)=O)(c1ccccc1)c1ccccc1. The summed E-state index contributed by atoms with van der Waals surface area (Å²) in [5, 5.41) is 22.0. The highest BCUT2D eigenvalue weighted by molar-refractivity contribution is 7.86. The van der Waals surface area contributed by atoms with E-state index in [2.05, 4.69) is 20.8 Å². The summed E-state index contributed by atoms with van der Waals surface area (Å²) in [5.74, 6) is 0. The summed E-state index contributed by atoms with van der Waals surface area (Å²) in [6.45, 7) is 6.29. The maximum absolute atomic E-state index is 11.7. The van der Waals surface area contributed by atoms with Gasteiger partial charge in [-0.1, -0.05) is 81.4 Å². The molecule has 0 bridgehead atoms. The van der Waals surface area contributed by atoms with E-state index in [1.807, 2.05) is 60.7 Å². The van der Waals surface area contributed by atoms with Crippen molar-refractivity contribution in [3.05, 3.63) is 60.7 Å². The molecule has 2 N–H and O–H groups in total. The number of benzene rings is 2. The lowest BCUT2D eigenvalue weighted by molar-refractivity contribution is -0.132. The molecule has 0 saturated carbocycles. The molecule has 0 aromatic heterocycles. The molecular formula is C22H30O7SSi. The van der Waals surface area contributed by atoms with Crippen LogP contribution in [0.3, 0.4) is 0 Å². The third kappa shape index (κ3) is 5.09. The molecule has 2 aromatic carbocycles. The van der Waals surface area contributed by atoms with Crippen molar-refractivity contribution in [3.63, 3.8) is 0 Å². The Morgan fingerprint density at radius 2 is 1.45 bits per heavy atom. The lowest BCUT2D eigenvalue weighted by Crippen LogP contribution is -2.67. The number of hydrogen-bond acceptors (Lipinski definition) is 7. The molecule has 3 rings (SSSR count). The summed E-state index contributed by atoms with van der Waals surface area (Å²) in [5.41, 5.74) is 0. The fraction of sp³-hybridized carbons (Fsp3) is 0.455. The molecule has 31 heavy (non-hydrogen) atoms. The number of aliphatic hydroxyl groups is 2. The van der Waals surface area contributed by atoms with E-state index in [0.29, 0.717) is 0 Å². The van der Waals surface area contributed by atoms with Gasteiger partial charge in [0.05, 0.1) is 12.9 Å². The van der Waals surface area contributed by atoms with Crippen LogP contribution in [0.1, 0.15) is 20.8 Å². The molecule has 4 atom stereocenters. The monoisotopic (exact) mass is 466 g/mol. The van der Waals surface area contributed by atoms with E-state index in [4.69, 9.17) is 13.3 Å². The highest BCUT2D eigenvalue weighted by atomic mass is 32.2. The minimum atomic E-state index is -3.88. The number of ether oxygens (including phenoxy) is 1. The quantitative estimate of drug-likeness (QED) is 0.463. The summed E-state index contributed by atoms with van der Waals surface area (Å²) in [7, 11) is -6.78. The van der Waals surface area contributed by atoms with Crippen LogP contribution >= 0.6 is 0 Å². The molecule has 0 spiro atoms. The average molecular weight is 467 g/mol. The summed E-state index contributed by atoms with van der Waals surface area (Å²) in [4.78, 5) is 0. The Morgan fingerprint density at radius 1 is 0.968 bits per heavy atom. The van der Waals surface area contributed by atoms with Crippen LogP contribution in [-0.4, -0.2) is 64.4 Å². The third-order valence-electron chi connectivity index (χ3n) is 5.48. The summed E-state index contributed by atoms with van der Waals surface area (Å²) in [6.07, 6.45) is -4.38. The van der Waals surface area contributed by atoms with E-state index in [-0.39, 0.29) is 11.6 Å². The Bertz CT molecular complexity index is 921. The second-order valence-corrected chi connectivity index (χ2v) is 14.7. The van der Waals surface area contributed by atoms with Gasteiger partial charge in [0.2, 0.25) is 0 Å². The van der Waals surface area contributed by atoms with Gasteiger partial charge < -0.3 is 19.4 Å². The van der Waals surface area contributed by atoms with E-state index in [1.54, 1.807) is 0 Å². The Labute approximate surface area is 184 Å². The van der Waals surface area contributed by atoms with Gasteiger partial charge in [0.15, 0.2) is 6.29 Å². The van der Waals surface area contributed by atoms with Gasteiger partial charge in [0.25, 0.3) is 18.4 Å². The minimum absolute atomic E-state index is 0.0540. The molecule has 1 heterocycles. The van der Waals surface area contributed by atoms with E-state index in [9.17, 15) is 18.6 Å². The molecule has 0 aliphatic carbocycles. The van der Waals surface area contributed by atoms with Crippen molar-refractivity contribution in [1.82, 2.24) is 0 Å². The molecule has 1 aliphatic rings. The first-order chi connectivity index (χ1) is 14.5. The van der Waals surface area contributed by atoms with Gasteiger partial charge in [0.1, 0.15) is 18.3 Å². The summed E-state index contributed by atoms with van der Waals surface area (Å²) in [6, 6.07) is 19.9. The van der Waals surface area contributed by atoms with Gasteiger partial charge in [0, 0.05) is 0 Å². The zero-order chi connectivity index (χ0) is 22.9. The molecule has 9 heteroatoms. The Kier molecular flexibility index (Phi) is 7.07. The fourth-order valence-electron chi connectivity index (χ4n) is 4.14. The second kappa shape index (κ2) is 9.11. The van der Waals surface area contributed by atoms with Crippen LogP contribution in [0.15, 0.2) is 60.7 Å². The van der Waals surface area contributed by atoms with Crippen LogP contribution in [0.2, 0.25) is 5.04 Å². The number of aliphatic hydroxyl groups excluding tert-OH is 2. The van der Waals surface area contributed by atoms with Crippen LogP contribution < -0.4 is 10.4 Å². The first kappa shape index (κ1) is 24.1. The first-order valence-corrected chi connectivity index (χ1v) is 13.8. The average Bonchev–Trinajstić information content (AvgIpc) is 2.95. The topological polar surface area (TPSA) is 102 Å². The maximum Gasteiger partial charge on any atom is 0.264 e. The first-order valence-electron chi connectivity index (χ1n) is 10.1. The lowest BCUT2D eigenvalue weighted by atomic mass is 10.1. The predicted octanol–water partition coefficient (Wildman–Crippen LogP) is 0.986. The van der Waals surface area contributed by atoms with Crippen LogP contribution in [0, 0.1) is 0 Å². The normalized spacial score (nSPS) is 25.0. The van der Waals surface area contributed by atoms with Crippen molar-refractivity contribution >= 4 is 28.8 Å². The second-order valence-electron chi connectivity index (χ2n) is 8.79. The number of hydrogen-bond donors (Lipinski definition) is 2. The van der Waals surface area contributed by atoms with E-state index < -0.39 is 43.0 Å². The van der Waals surface area contributed by atoms with E-state index >= 15 is 0 Å². The summed E-state index contributed by atoms with van der Waals surface area (Å²) >= 11 is 0. The largest absolute Gasteiger partial charge is 0.405 e. The molecule has 1 aliphatic heterocycles. The molecule has 170 valence electrons. The van der Waals surface area contributed by atoms with Gasteiger partial charge in [-0.15, -0.1) is 0 Å². The smallest absolute Gasteiger partial charge is 0.264 e. The van der Waals surface area contributed by atoms with Crippen molar-refractivity contribution in [2.75, 3.05) is 12.9 Å². The van der Waals surface area contributed by atoms with Crippen molar-refractivity contribution in [2.24, 2.45) is 0 Å². The molecular weight excluding hydrogens is 436 g/mol. The van der Waals surface area contributed by atoms with Crippen molar-refractivity contribution in [3.8, 4) is 0 Å². The summed E-state index contributed by atoms with van der Waals surface area (Å²) < 4.78 is 40.5. The Balaban J connectivity index is 2.02. The van der Waals surface area contributed by atoms with E-state index in [1.165, 1.54) is 0 Å². The Morgan fingerprint density at radius 3 is 1.87 bits per heavy atom. The highest BCUT2D eigenvalue weighted by Crippen LogP contribution is 2.37. The Hall–Kier alpha value is -1.59. The van der Waals surface area contributed by atoms with Crippen LogP contribution in [-0.2, 0) is 23.5 Å². The van der Waals surface area contributed by atoms with Gasteiger partial charge >= 0.3 is 0 Å². The van der Waals surface area contributed by atoms with Crippen LogP contribution in [0.25, 0.3) is 0 Å². The van der Waals surface area contributed by atoms with Gasteiger partial charge in [-0.3, -0.25) is 4.18 Å². The molecule has 1 saturated heterocycles. The van der Waals surface area contributed by atoms with Gasteiger partial charge in [-0.2, -0.15) is 8.42 Å². The maximum atomic E-state index is 11.7. The minimum Gasteiger partial charge on any atom is -0.405 e. The van der Waals surface area contributed by atoms with Crippen LogP contribution in [0.4, 0.5) is 0 Å². The van der Waals surface area contributed by atoms with Gasteiger partial charge in [-0.05, 0) is 15.4 Å². The van der Waals surface area contributed by atoms with E-state index in [0.717, 1.165) is 16.6 Å². The standard InChI is InChI=1S/C22H30O7SSi/c1-22(2,3)31(16-11-7-5-8-12-16,17-13-9-6-10-14-17)27-15-18-20(29-30(4,25)26)19(23)21(24)28-18/h5-14,18-21,23-24H,15H2,1-4H3/t18-,19-,20+,21?/m1/s1. The highest BCUT2D eigenvalue weighted by Gasteiger charge is 2.52. The van der Waals surface area contributed by atoms with Crippen molar-refractivity contribution in [2.45, 2.75) is 50.4 Å². The zero-order valence-corrected chi connectivity index (χ0v) is 20.0. The molecule has 0 amide bonds. The zero-order valence-electron chi connectivity index (χ0n) is 18.1. The van der Waals surface area contributed by atoms with Gasteiger partial charge in [-0.25, -0.2) is 0 Å². The molecule has 7 nitrogen and oxygen atoms in total. The fourth-order valence-corrected chi connectivity index (χ4v) is 9.35. The third-order valence-corrected chi connectivity index (χ3v) is 11.1. The molecule has 1 fully saturated rings. The molecule has 2 aromatic rings. The molecule has 0 radical (unpaired) electrons. The molecule has 1 unspecified atom stereocenters.